The molecule has 0 N–H and O–H groups in total. The molecule has 0 fully saturated rings. The van der Waals surface area contributed by atoms with E-state index in [1.165, 1.54) is 37.9 Å². The molecule has 7 rings (SSSR count). The predicted molar refractivity (Wildman–Crippen MR) is 156 cm³/mol. The first-order valence-corrected chi connectivity index (χ1v) is 13.3. The van der Waals surface area contributed by atoms with Gasteiger partial charge in [-0.05, 0) is 54.4 Å². The van der Waals surface area contributed by atoms with Gasteiger partial charge in [-0.3, -0.25) is 0 Å². The smallest absolute Gasteiger partial charge is 0.0956 e. The molecule has 0 amide bonds. The first kappa shape index (κ1) is 21.9. The number of para-hydroxylation sites is 3. The molecule has 5 aromatic carbocycles. The summed E-state index contributed by atoms with van der Waals surface area (Å²) in [5.74, 6) is 0. The van der Waals surface area contributed by atoms with E-state index in [0.717, 1.165) is 27.8 Å². The van der Waals surface area contributed by atoms with Gasteiger partial charge in [0.05, 0.1) is 28.3 Å². The second kappa shape index (κ2) is 8.95. The lowest BCUT2D eigenvalue weighted by Gasteiger charge is -2.33. The van der Waals surface area contributed by atoms with Gasteiger partial charge in [-0.1, -0.05) is 108 Å². The van der Waals surface area contributed by atoms with Crippen LogP contribution in [0.3, 0.4) is 0 Å². The number of nitrogens with zero attached hydrogens (tertiary/aromatic N) is 2. The molecule has 0 aliphatic carbocycles. The summed E-state index contributed by atoms with van der Waals surface area (Å²) < 4.78 is 0. The Morgan fingerprint density at radius 1 is 0.568 bits per heavy atom. The van der Waals surface area contributed by atoms with E-state index < -0.39 is 0 Å². The average molecular weight is 493 g/mol. The Morgan fingerprint density at radius 2 is 1.19 bits per heavy atom. The lowest BCUT2D eigenvalue weighted by atomic mass is 9.97. The summed E-state index contributed by atoms with van der Waals surface area (Å²) in [7, 11) is 0. The minimum Gasteiger partial charge on any atom is -0.306 e. The maximum atomic E-state index is 5.33. The van der Waals surface area contributed by atoms with Crippen molar-refractivity contribution in [1.29, 1.82) is 0 Å². The normalized spacial score (nSPS) is 12.3. The molecular weight excluding hydrogens is 468 g/mol. The highest BCUT2D eigenvalue weighted by Gasteiger charge is 2.26. The van der Waals surface area contributed by atoms with Crippen molar-refractivity contribution in [2.24, 2.45) is 0 Å². The van der Waals surface area contributed by atoms with Crippen LogP contribution in [0.1, 0.15) is 5.56 Å². The Balaban J connectivity index is 1.55. The van der Waals surface area contributed by atoms with Crippen molar-refractivity contribution < 1.29 is 0 Å². The molecule has 0 saturated heterocycles. The standard InChI is InChI=1S/C34H24N2S/c1-23-18-20-25(21-19-23)28-22-27(24-10-3-2-4-11-24)26-12-9-15-31(34(26)35-28)36-29-13-5-7-16-32(29)37-33-17-8-6-14-30(33)36/h2-22H,1H3. The molecular formula is C34H24N2S. The van der Waals surface area contributed by atoms with Crippen molar-refractivity contribution in [3.63, 3.8) is 0 Å². The number of anilines is 3. The van der Waals surface area contributed by atoms with Crippen molar-refractivity contribution in [2.45, 2.75) is 16.7 Å². The van der Waals surface area contributed by atoms with Gasteiger partial charge < -0.3 is 4.90 Å². The van der Waals surface area contributed by atoms with Gasteiger partial charge in [0.2, 0.25) is 0 Å². The minimum absolute atomic E-state index is 0.978. The number of rotatable bonds is 3. The largest absolute Gasteiger partial charge is 0.306 e. The first-order valence-electron chi connectivity index (χ1n) is 12.5. The van der Waals surface area contributed by atoms with Crippen molar-refractivity contribution in [2.75, 3.05) is 4.90 Å². The molecule has 2 nitrogen and oxygen atoms in total. The fraction of sp³-hybridized carbons (Fsp3) is 0.0294. The van der Waals surface area contributed by atoms with Crippen LogP contribution in [0.25, 0.3) is 33.3 Å². The van der Waals surface area contributed by atoms with Crippen LogP contribution in [-0.4, -0.2) is 4.98 Å². The summed E-state index contributed by atoms with van der Waals surface area (Å²) in [6, 6.07) is 45.4. The molecule has 37 heavy (non-hydrogen) atoms. The van der Waals surface area contributed by atoms with Gasteiger partial charge in [0.15, 0.2) is 0 Å². The highest BCUT2D eigenvalue weighted by atomic mass is 32.2. The zero-order chi connectivity index (χ0) is 24.8. The minimum atomic E-state index is 0.978. The van der Waals surface area contributed by atoms with Crippen molar-refractivity contribution in [1.82, 2.24) is 4.98 Å². The SMILES string of the molecule is Cc1ccc(-c2cc(-c3ccccc3)c3cccc(N4c5ccccc5Sc5ccccc54)c3n2)cc1. The molecule has 1 aliphatic rings. The summed E-state index contributed by atoms with van der Waals surface area (Å²) in [6.45, 7) is 2.12. The molecule has 2 heterocycles. The fourth-order valence-corrected chi connectivity index (χ4v) is 6.16. The van der Waals surface area contributed by atoms with Gasteiger partial charge in [0.1, 0.15) is 0 Å². The molecule has 176 valence electrons. The molecule has 6 aromatic rings. The van der Waals surface area contributed by atoms with E-state index in [1.54, 1.807) is 0 Å². The zero-order valence-corrected chi connectivity index (χ0v) is 21.2. The molecule has 1 aromatic heterocycles. The summed E-state index contributed by atoms with van der Waals surface area (Å²) in [5.41, 5.74) is 10.2. The van der Waals surface area contributed by atoms with Crippen LogP contribution in [0.2, 0.25) is 0 Å². The quantitative estimate of drug-likeness (QED) is 0.244. The van der Waals surface area contributed by atoms with E-state index in [9.17, 15) is 0 Å². The van der Waals surface area contributed by atoms with Gasteiger partial charge in [-0.2, -0.15) is 0 Å². The second-order valence-electron chi connectivity index (χ2n) is 9.33. The second-order valence-corrected chi connectivity index (χ2v) is 10.4. The Kier molecular flexibility index (Phi) is 5.30. The average Bonchev–Trinajstić information content (AvgIpc) is 2.96. The number of benzene rings is 5. The summed E-state index contributed by atoms with van der Waals surface area (Å²) in [4.78, 5) is 10.2. The van der Waals surface area contributed by atoms with Crippen LogP contribution < -0.4 is 4.90 Å². The van der Waals surface area contributed by atoms with Gasteiger partial charge >= 0.3 is 0 Å². The van der Waals surface area contributed by atoms with E-state index in [4.69, 9.17) is 4.98 Å². The molecule has 1 aliphatic heterocycles. The number of aromatic nitrogens is 1. The maximum absolute atomic E-state index is 5.33. The van der Waals surface area contributed by atoms with E-state index >= 15 is 0 Å². The number of hydrogen-bond acceptors (Lipinski definition) is 3. The topological polar surface area (TPSA) is 16.1 Å². The van der Waals surface area contributed by atoms with E-state index in [-0.39, 0.29) is 0 Å². The third kappa shape index (κ3) is 3.80. The first-order chi connectivity index (χ1) is 18.3. The van der Waals surface area contributed by atoms with Crippen LogP contribution in [0.4, 0.5) is 17.1 Å². The van der Waals surface area contributed by atoms with Crippen LogP contribution in [0, 0.1) is 6.92 Å². The van der Waals surface area contributed by atoms with Crippen LogP contribution >= 0.6 is 11.8 Å². The monoisotopic (exact) mass is 492 g/mol. The van der Waals surface area contributed by atoms with Crippen LogP contribution in [-0.2, 0) is 0 Å². The van der Waals surface area contributed by atoms with Gasteiger partial charge in [0, 0.05) is 20.7 Å². The maximum Gasteiger partial charge on any atom is 0.0956 e. The van der Waals surface area contributed by atoms with Gasteiger partial charge in [-0.25, -0.2) is 4.98 Å². The fourth-order valence-electron chi connectivity index (χ4n) is 5.11. The number of fused-ring (bicyclic) bond motifs is 3. The molecule has 0 bridgehead atoms. The van der Waals surface area contributed by atoms with Crippen molar-refractivity contribution >= 4 is 39.7 Å². The lowest BCUT2D eigenvalue weighted by molar-refractivity contribution is 1.17. The Labute approximate surface area is 221 Å². The summed E-state index contributed by atoms with van der Waals surface area (Å²) in [6.07, 6.45) is 0. The highest BCUT2D eigenvalue weighted by molar-refractivity contribution is 7.99. The molecule has 3 heteroatoms. The Bertz CT molecular complexity index is 1710. The van der Waals surface area contributed by atoms with Gasteiger partial charge in [-0.15, -0.1) is 0 Å². The van der Waals surface area contributed by atoms with Crippen molar-refractivity contribution in [3.05, 3.63) is 133 Å². The van der Waals surface area contributed by atoms with Gasteiger partial charge in [0.25, 0.3) is 0 Å². The van der Waals surface area contributed by atoms with E-state index in [2.05, 4.69) is 139 Å². The summed E-state index contributed by atoms with van der Waals surface area (Å²) in [5, 5.41) is 1.15. The molecule has 0 atom stereocenters. The van der Waals surface area contributed by atoms with Crippen molar-refractivity contribution in [3.8, 4) is 22.4 Å². The van der Waals surface area contributed by atoms with Crippen LogP contribution in [0.5, 0.6) is 0 Å². The molecule has 0 unspecified atom stereocenters. The lowest BCUT2D eigenvalue weighted by Crippen LogP contribution is -2.15. The number of hydrogen-bond donors (Lipinski definition) is 0. The summed E-state index contributed by atoms with van der Waals surface area (Å²) >= 11 is 1.83. The van der Waals surface area contributed by atoms with E-state index in [0.29, 0.717) is 0 Å². The number of pyridine rings is 1. The predicted octanol–water partition coefficient (Wildman–Crippen LogP) is 9.81. The van der Waals surface area contributed by atoms with Crippen LogP contribution in [0.15, 0.2) is 137 Å². The number of aryl methyl sites for hydroxylation is 1. The molecule has 0 saturated carbocycles. The molecule has 0 spiro atoms. The third-order valence-corrected chi connectivity index (χ3v) is 8.05. The zero-order valence-electron chi connectivity index (χ0n) is 20.4. The molecule has 0 radical (unpaired) electrons. The third-order valence-electron chi connectivity index (χ3n) is 6.92. The highest BCUT2D eigenvalue weighted by Crippen LogP contribution is 2.52. The van der Waals surface area contributed by atoms with E-state index in [1.807, 2.05) is 11.8 Å². The Morgan fingerprint density at radius 3 is 1.89 bits per heavy atom. The Hall–Kier alpha value is -4.34.